The van der Waals surface area contributed by atoms with Crippen molar-refractivity contribution in [2.75, 3.05) is 39.3 Å². The molecule has 0 aromatic heterocycles. The molecule has 3 N–H and O–H groups in total. The standard InChI is InChI=1S/C8H15N.C7H14N2/c1-2-7-4-8(3-1)6-9-5-7;1-6-2-8-4-7(1)5-9-3-6/h7-9H,1-6H2;6-9H,1-5H2. The van der Waals surface area contributed by atoms with Crippen molar-refractivity contribution in [3.05, 3.63) is 0 Å². The molecule has 0 amide bonds. The molecule has 3 aliphatic heterocycles. The summed E-state index contributed by atoms with van der Waals surface area (Å²) < 4.78 is 0. The summed E-state index contributed by atoms with van der Waals surface area (Å²) in [4.78, 5) is 0. The predicted octanol–water partition coefficient (Wildman–Crippen LogP) is 1.21. The molecule has 4 rings (SSSR count). The van der Waals surface area contributed by atoms with Gasteiger partial charge in [-0.1, -0.05) is 6.42 Å². The summed E-state index contributed by atoms with van der Waals surface area (Å²) in [5.41, 5.74) is 0. The molecule has 4 aliphatic rings. The van der Waals surface area contributed by atoms with Crippen LogP contribution in [0.5, 0.6) is 0 Å². The van der Waals surface area contributed by atoms with Gasteiger partial charge in [-0.2, -0.15) is 0 Å². The van der Waals surface area contributed by atoms with Crippen molar-refractivity contribution in [2.45, 2.75) is 32.1 Å². The van der Waals surface area contributed by atoms with E-state index in [0.717, 1.165) is 23.7 Å². The van der Waals surface area contributed by atoms with Gasteiger partial charge in [-0.25, -0.2) is 0 Å². The highest BCUT2D eigenvalue weighted by atomic mass is 15.0. The summed E-state index contributed by atoms with van der Waals surface area (Å²) in [6, 6.07) is 0. The third-order valence-corrected chi connectivity index (χ3v) is 5.16. The van der Waals surface area contributed by atoms with E-state index in [-0.39, 0.29) is 0 Å². The van der Waals surface area contributed by atoms with Crippen LogP contribution in [0.2, 0.25) is 0 Å². The lowest BCUT2D eigenvalue weighted by molar-refractivity contribution is 0.208. The van der Waals surface area contributed by atoms with Gasteiger partial charge in [-0.05, 0) is 88.6 Å². The van der Waals surface area contributed by atoms with E-state index >= 15 is 0 Å². The van der Waals surface area contributed by atoms with E-state index in [1.165, 1.54) is 71.4 Å². The highest BCUT2D eigenvalue weighted by molar-refractivity contribution is 4.83. The predicted molar refractivity (Wildman–Crippen MR) is 75.7 cm³/mol. The molecule has 2 unspecified atom stereocenters. The second-order valence-electron chi connectivity index (χ2n) is 6.84. The van der Waals surface area contributed by atoms with E-state index < -0.39 is 0 Å². The Kier molecular flexibility index (Phi) is 4.55. The number of rotatable bonds is 0. The van der Waals surface area contributed by atoms with Crippen LogP contribution >= 0.6 is 0 Å². The molecule has 0 aromatic carbocycles. The number of hydrogen-bond donors (Lipinski definition) is 3. The smallest absolute Gasteiger partial charge is 0.000814 e. The second-order valence-corrected chi connectivity index (χ2v) is 6.84. The van der Waals surface area contributed by atoms with Gasteiger partial charge in [0.15, 0.2) is 0 Å². The maximum absolute atomic E-state index is 3.49. The van der Waals surface area contributed by atoms with Crippen LogP contribution in [0.4, 0.5) is 0 Å². The van der Waals surface area contributed by atoms with Gasteiger partial charge in [-0.3, -0.25) is 0 Å². The van der Waals surface area contributed by atoms with Gasteiger partial charge in [0.1, 0.15) is 0 Å². The third kappa shape index (κ3) is 3.46. The molecule has 0 radical (unpaired) electrons. The molecule has 18 heavy (non-hydrogen) atoms. The summed E-state index contributed by atoms with van der Waals surface area (Å²) in [6.07, 6.45) is 7.46. The van der Waals surface area contributed by atoms with Gasteiger partial charge >= 0.3 is 0 Å². The normalized spacial score (nSPS) is 42.7. The minimum atomic E-state index is 0.928. The molecule has 3 heteroatoms. The fourth-order valence-electron chi connectivity index (χ4n) is 4.20. The van der Waals surface area contributed by atoms with Crippen molar-refractivity contribution in [1.29, 1.82) is 0 Å². The first-order valence-corrected chi connectivity index (χ1v) is 8.02. The zero-order chi connectivity index (χ0) is 12.2. The monoisotopic (exact) mass is 251 g/mol. The summed E-state index contributed by atoms with van der Waals surface area (Å²) in [5.74, 6) is 3.94. The second kappa shape index (κ2) is 6.36. The fraction of sp³-hybridized carbons (Fsp3) is 1.00. The van der Waals surface area contributed by atoms with Gasteiger partial charge in [0.25, 0.3) is 0 Å². The average Bonchev–Trinajstić information content (AvgIpc) is 2.40. The van der Waals surface area contributed by atoms with Crippen molar-refractivity contribution in [3.63, 3.8) is 0 Å². The molecule has 0 aromatic rings. The minimum Gasteiger partial charge on any atom is -0.316 e. The molecule has 1 saturated carbocycles. The lowest BCUT2D eigenvalue weighted by Crippen LogP contribution is -2.49. The van der Waals surface area contributed by atoms with E-state index in [0.29, 0.717) is 0 Å². The van der Waals surface area contributed by atoms with E-state index in [1.54, 1.807) is 0 Å². The van der Waals surface area contributed by atoms with Crippen molar-refractivity contribution >= 4 is 0 Å². The summed E-state index contributed by atoms with van der Waals surface area (Å²) in [7, 11) is 0. The Labute approximate surface area is 111 Å². The van der Waals surface area contributed by atoms with Crippen LogP contribution in [0.3, 0.4) is 0 Å². The Hall–Kier alpha value is -0.120. The van der Waals surface area contributed by atoms with Crippen molar-refractivity contribution < 1.29 is 0 Å². The number of fused-ring (bicyclic) bond motifs is 4. The first-order valence-electron chi connectivity index (χ1n) is 8.02. The quantitative estimate of drug-likeness (QED) is 0.606. The van der Waals surface area contributed by atoms with Gasteiger partial charge in [0.2, 0.25) is 0 Å². The lowest BCUT2D eigenvalue weighted by atomic mass is 9.79. The van der Waals surface area contributed by atoms with Crippen molar-refractivity contribution in [3.8, 4) is 0 Å². The molecular weight excluding hydrogens is 222 g/mol. The van der Waals surface area contributed by atoms with Crippen molar-refractivity contribution in [1.82, 2.24) is 16.0 Å². The lowest BCUT2D eigenvalue weighted by Gasteiger charge is -2.35. The van der Waals surface area contributed by atoms with Crippen LogP contribution in [0.25, 0.3) is 0 Å². The Morgan fingerprint density at radius 2 is 0.889 bits per heavy atom. The molecule has 3 nitrogen and oxygen atoms in total. The Morgan fingerprint density at radius 1 is 0.500 bits per heavy atom. The molecule has 1 aliphatic carbocycles. The zero-order valence-electron chi connectivity index (χ0n) is 11.6. The zero-order valence-corrected chi connectivity index (χ0v) is 11.6. The topological polar surface area (TPSA) is 36.1 Å². The molecule has 3 saturated heterocycles. The summed E-state index contributed by atoms with van der Waals surface area (Å²) in [5, 5.41) is 10.4. The van der Waals surface area contributed by atoms with Gasteiger partial charge in [-0.15, -0.1) is 0 Å². The van der Waals surface area contributed by atoms with E-state index in [2.05, 4.69) is 16.0 Å². The van der Waals surface area contributed by atoms with Crippen LogP contribution in [-0.4, -0.2) is 39.3 Å². The summed E-state index contributed by atoms with van der Waals surface area (Å²) in [6.45, 7) is 7.56. The molecule has 0 spiro atoms. The largest absolute Gasteiger partial charge is 0.316 e. The number of nitrogens with one attached hydrogen (secondary N) is 3. The van der Waals surface area contributed by atoms with E-state index in [9.17, 15) is 0 Å². The summed E-state index contributed by atoms with van der Waals surface area (Å²) >= 11 is 0. The van der Waals surface area contributed by atoms with Crippen LogP contribution in [0.1, 0.15) is 32.1 Å². The van der Waals surface area contributed by atoms with E-state index in [1.807, 2.05) is 0 Å². The third-order valence-electron chi connectivity index (χ3n) is 5.16. The molecule has 4 fully saturated rings. The maximum Gasteiger partial charge on any atom is -0.000814 e. The molecule has 104 valence electrons. The SMILES string of the molecule is C1CC2CNCC(C1)C2.C1NCC2CNCC1C2. The maximum atomic E-state index is 3.49. The van der Waals surface area contributed by atoms with Crippen LogP contribution in [0, 0.1) is 23.7 Å². The van der Waals surface area contributed by atoms with Gasteiger partial charge in [0, 0.05) is 0 Å². The minimum absolute atomic E-state index is 0.928. The molecule has 3 heterocycles. The number of hydrogen-bond acceptors (Lipinski definition) is 3. The van der Waals surface area contributed by atoms with Crippen LogP contribution < -0.4 is 16.0 Å². The Morgan fingerprint density at radius 3 is 1.28 bits per heavy atom. The Balaban J connectivity index is 0.000000111. The average molecular weight is 251 g/mol. The molecule has 2 atom stereocenters. The molecular formula is C15H29N3. The van der Waals surface area contributed by atoms with Crippen LogP contribution in [0.15, 0.2) is 0 Å². The highest BCUT2D eigenvalue weighted by Gasteiger charge is 2.25. The van der Waals surface area contributed by atoms with Crippen molar-refractivity contribution in [2.24, 2.45) is 23.7 Å². The Bertz CT molecular complexity index is 190. The first kappa shape index (κ1) is 12.9. The fourth-order valence-corrected chi connectivity index (χ4v) is 4.20. The van der Waals surface area contributed by atoms with Gasteiger partial charge < -0.3 is 16.0 Å². The number of piperidine rings is 3. The molecule has 4 bridgehead atoms. The highest BCUT2D eigenvalue weighted by Crippen LogP contribution is 2.30. The van der Waals surface area contributed by atoms with Gasteiger partial charge in [0.05, 0.1) is 0 Å². The first-order chi connectivity index (χ1) is 8.90. The van der Waals surface area contributed by atoms with E-state index in [4.69, 9.17) is 0 Å². The van der Waals surface area contributed by atoms with Crippen LogP contribution in [-0.2, 0) is 0 Å².